The molecule has 0 saturated heterocycles. The number of amides is 1. The first kappa shape index (κ1) is 13.5. The molecule has 3 nitrogen and oxygen atoms in total. The minimum Gasteiger partial charge on any atom is -0.273 e. The Balaban J connectivity index is 1.81. The molecule has 110 valence electrons. The lowest BCUT2D eigenvalue weighted by atomic mass is 9.79. The molecule has 0 saturated carbocycles. The first-order valence-electron chi connectivity index (χ1n) is 7.47. The number of carbonyl (C=O) groups excluding carboxylic acids is 1. The van der Waals surface area contributed by atoms with Crippen LogP contribution < -0.4 is 5.01 Å². The average molecular weight is 311 g/mol. The number of aryl methyl sites for hydroxylation is 1. The fourth-order valence-electron chi connectivity index (χ4n) is 3.27. The Bertz CT molecular complexity index is 770. The van der Waals surface area contributed by atoms with Gasteiger partial charge in [0.15, 0.2) is 0 Å². The van der Waals surface area contributed by atoms with E-state index in [9.17, 15) is 4.79 Å². The summed E-state index contributed by atoms with van der Waals surface area (Å²) in [4.78, 5) is 12.4. The van der Waals surface area contributed by atoms with E-state index in [-0.39, 0.29) is 11.8 Å². The van der Waals surface area contributed by atoms with Gasteiger partial charge in [0.1, 0.15) is 0 Å². The third-order valence-electron chi connectivity index (χ3n) is 4.36. The lowest BCUT2D eigenvalue weighted by Gasteiger charge is -2.33. The molecule has 2 aromatic carbocycles. The standard InChI is InChI=1S/C18H15ClN2O/c19-14-8-9-16-12(10-14)6-7-13-11-17(22)21(20-18(13)16)15-4-2-1-3-5-15/h1-5,8-10,13H,6-7,11H2. The normalized spacial score (nSPS) is 20.2. The Labute approximate surface area is 134 Å². The molecule has 0 N–H and O–H groups in total. The maximum Gasteiger partial charge on any atom is 0.248 e. The Morgan fingerprint density at radius 2 is 1.95 bits per heavy atom. The molecule has 0 radical (unpaired) electrons. The fourth-order valence-corrected chi connectivity index (χ4v) is 3.47. The summed E-state index contributed by atoms with van der Waals surface area (Å²) >= 11 is 6.10. The van der Waals surface area contributed by atoms with Crippen molar-refractivity contribution in [1.82, 2.24) is 0 Å². The SMILES string of the molecule is O=C1CC2CCc3cc(Cl)ccc3C2=NN1c1ccccc1. The summed E-state index contributed by atoms with van der Waals surface area (Å²) in [6.45, 7) is 0. The summed E-state index contributed by atoms with van der Waals surface area (Å²) in [6, 6.07) is 15.5. The molecule has 4 rings (SSSR count). The average Bonchev–Trinajstić information content (AvgIpc) is 2.54. The van der Waals surface area contributed by atoms with Crippen molar-refractivity contribution in [1.29, 1.82) is 0 Å². The van der Waals surface area contributed by atoms with Crippen LogP contribution in [0.4, 0.5) is 5.69 Å². The van der Waals surface area contributed by atoms with Gasteiger partial charge < -0.3 is 0 Å². The second-order valence-corrected chi connectivity index (χ2v) is 6.20. The van der Waals surface area contributed by atoms with Crippen LogP contribution in [0.5, 0.6) is 0 Å². The van der Waals surface area contributed by atoms with Crippen LogP contribution >= 0.6 is 11.6 Å². The quantitative estimate of drug-likeness (QED) is 0.782. The summed E-state index contributed by atoms with van der Waals surface area (Å²) in [5.41, 5.74) is 4.19. The number of halogens is 1. The summed E-state index contributed by atoms with van der Waals surface area (Å²) in [6.07, 6.45) is 2.44. The van der Waals surface area contributed by atoms with Gasteiger partial charge >= 0.3 is 0 Å². The molecule has 0 bridgehead atoms. The van der Waals surface area contributed by atoms with Crippen LogP contribution in [0.2, 0.25) is 5.02 Å². The number of hydrogen-bond donors (Lipinski definition) is 0. The molecule has 0 aromatic heterocycles. The number of nitrogens with zero attached hydrogens (tertiary/aromatic N) is 2. The molecule has 4 heteroatoms. The van der Waals surface area contributed by atoms with Gasteiger partial charge in [0.2, 0.25) is 5.91 Å². The van der Waals surface area contributed by atoms with Crippen LogP contribution in [0, 0.1) is 5.92 Å². The predicted octanol–water partition coefficient (Wildman–Crippen LogP) is 4.04. The van der Waals surface area contributed by atoms with Gasteiger partial charge in [-0.1, -0.05) is 35.9 Å². The number of rotatable bonds is 1. The lowest BCUT2D eigenvalue weighted by Crippen LogP contribution is -2.39. The van der Waals surface area contributed by atoms with Gasteiger partial charge in [0.25, 0.3) is 0 Å². The van der Waals surface area contributed by atoms with Crippen molar-refractivity contribution in [3.63, 3.8) is 0 Å². The number of anilines is 1. The highest BCUT2D eigenvalue weighted by molar-refractivity contribution is 6.30. The molecular weight excluding hydrogens is 296 g/mol. The van der Waals surface area contributed by atoms with E-state index in [0.717, 1.165) is 34.8 Å². The van der Waals surface area contributed by atoms with E-state index in [1.807, 2.05) is 48.5 Å². The zero-order valence-corrected chi connectivity index (χ0v) is 12.8. The van der Waals surface area contributed by atoms with E-state index in [1.54, 1.807) is 0 Å². The summed E-state index contributed by atoms with van der Waals surface area (Å²) in [5, 5.41) is 6.97. The number of para-hydroxylation sites is 1. The van der Waals surface area contributed by atoms with Gasteiger partial charge in [-0.3, -0.25) is 4.79 Å². The van der Waals surface area contributed by atoms with Crippen molar-refractivity contribution in [2.45, 2.75) is 19.3 Å². The van der Waals surface area contributed by atoms with E-state index in [4.69, 9.17) is 11.6 Å². The van der Waals surface area contributed by atoms with Gasteiger partial charge in [-0.2, -0.15) is 5.10 Å². The predicted molar refractivity (Wildman–Crippen MR) is 88.3 cm³/mol. The van der Waals surface area contributed by atoms with Crippen LogP contribution in [0.3, 0.4) is 0 Å². The van der Waals surface area contributed by atoms with E-state index in [0.29, 0.717) is 6.42 Å². The van der Waals surface area contributed by atoms with Gasteiger partial charge in [0.05, 0.1) is 11.4 Å². The van der Waals surface area contributed by atoms with Gasteiger partial charge in [-0.15, -0.1) is 0 Å². The zero-order chi connectivity index (χ0) is 15.1. The molecule has 22 heavy (non-hydrogen) atoms. The third-order valence-corrected chi connectivity index (χ3v) is 4.59. The number of benzene rings is 2. The first-order chi connectivity index (χ1) is 10.7. The second-order valence-electron chi connectivity index (χ2n) is 5.77. The molecule has 1 unspecified atom stereocenters. The molecule has 1 aliphatic heterocycles. The van der Waals surface area contributed by atoms with Crippen molar-refractivity contribution < 1.29 is 4.79 Å². The Morgan fingerprint density at radius 1 is 1.14 bits per heavy atom. The molecular formula is C18H15ClN2O. The summed E-state index contributed by atoms with van der Waals surface area (Å²) < 4.78 is 0. The van der Waals surface area contributed by atoms with Crippen LogP contribution in [0.1, 0.15) is 24.0 Å². The van der Waals surface area contributed by atoms with E-state index in [2.05, 4.69) is 5.10 Å². The molecule has 1 atom stereocenters. The molecule has 0 fully saturated rings. The maximum absolute atomic E-state index is 12.4. The second kappa shape index (κ2) is 5.25. The summed E-state index contributed by atoms with van der Waals surface area (Å²) in [7, 11) is 0. The van der Waals surface area contributed by atoms with Crippen molar-refractivity contribution in [2.75, 3.05) is 5.01 Å². The van der Waals surface area contributed by atoms with Gasteiger partial charge in [-0.25, -0.2) is 5.01 Å². The Hall–Kier alpha value is -2.13. The third kappa shape index (κ3) is 2.22. The fraction of sp³-hybridized carbons (Fsp3) is 0.222. The minimum absolute atomic E-state index is 0.0670. The molecule has 2 aromatic rings. The molecule has 2 aliphatic rings. The van der Waals surface area contributed by atoms with E-state index in [1.165, 1.54) is 10.6 Å². The molecule has 1 aliphatic carbocycles. The van der Waals surface area contributed by atoms with Crippen molar-refractivity contribution in [2.24, 2.45) is 11.0 Å². The molecule has 0 spiro atoms. The van der Waals surface area contributed by atoms with Gasteiger partial charge in [0, 0.05) is 22.9 Å². The van der Waals surface area contributed by atoms with Crippen molar-refractivity contribution in [3.8, 4) is 0 Å². The number of fused-ring (bicyclic) bond motifs is 3. The largest absolute Gasteiger partial charge is 0.273 e. The number of hydrogen-bond acceptors (Lipinski definition) is 2. The Kier molecular flexibility index (Phi) is 3.23. The van der Waals surface area contributed by atoms with Crippen LogP contribution in [0.15, 0.2) is 53.6 Å². The maximum atomic E-state index is 12.4. The topological polar surface area (TPSA) is 32.7 Å². The van der Waals surface area contributed by atoms with Crippen LogP contribution in [0.25, 0.3) is 0 Å². The minimum atomic E-state index is 0.0670. The van der Waals surface area contributed by atoms with Crippen molar-refractivity contribution in [3.05, 3.63) is 64.7 Å². The monoisotopic (exact) mass is 310 g/mol. The van der Waals surface area contributed by atoms with Gasteiger partial charge in [-0.05, 0) is 42.7 Å². The van der Waals surface area contributed by atoms with Crippen LogP contribution in [-0.4, -0.2) is 11.6 Å². The smallest absolute Gasteiger partial charge is 0.248 e. The van der Waals surface area contributed by atoms with Crippen molar-refractivity contribution >= 4 is 28.9 Å². The summed E-state index contributed by atoms with van der Waals surface area (Å²) in [5.74, 6) is 0.290. The highest BCUT2D eigenvalue weighted by atomic mass is 35.5. The zero-order valence-electron chi connectivity index (χ0n) is 12.0. The number of hydrazone groups is 1. The highest BCUT2D eigenvalue weighted by Crippen LogP contribution is 2.34. The molecule has 1 amide bonds. The van der Waals surface area contributed by atoms with E-state index >= 15 is 0 Å². The number of carbonyl (C=O) groups is 1. The molecule has 1 heterocycles. The lowest BCUT2D eigenvalue weighted by molar-refractivity contribution is -0.119. The van der Waals surface area contributed by atoms with Crippen LogP contribution in [-0.2, 0) is 11.2 Å². The first-order valence-corrected chi connectivity index (χ1v) is 7.85. The van der Waals surface area contributed by atoms with E-state index < -0.39 is 0 Å². The highest BCUT2D eigenvalue weighted by Gasteiger charge is 2.34. The Morgan fingerprint density at radius 3 is 2.77 bits per heavy atom.